The highest BCUT2D eigenvalue weighted by Crippen LogP contribution is 2.28. The minimum atomic E-state index is -0.640. The molecular weight excluding hydrogens is 539 g/mol. The summed E-state index contributed by atoms with van der Waals surface area (Å²) in [7, 11) is 5.77. The summed E-state index contributed by atoms with van der Waals surface area (Å²) < 4.78 is 14.4. The quantitative estimate of drug-likeness (QED) is 0.318. The van der Waals surface area contributed by atoms with Crippen molar-refractivity contribution in [2.45, 2.75) is 31.7 Å². The predicted octanol–water partition coefficient (Wildman–Crippen LogP) is 4.44. The maximum Gasteiger partial charge on any atom is 0.254 e. The van der Waals surface area contributed by atoms with Gasteiger partial charge in [-0.1, -0.05) is 25.1 Å². The van der Waals surface area contributed by atoms with Crippen LogP contribution in [0.1, 0.15) is 41.6 Å². The average Bonchev–Trinajstić information content (AvgIpc) is 2.99. The largest absolute Gasteiger partial charge is 0.369 e. The molecule has 0 saturated carbocycles. The maximum atomic E-state index is 14.4. The molecule has 1 fully saturated rings. The molecule has 11 heteroatoms. The van der Waals surface area contributed by atoms with Crippen LogP contribution in [-0.2, 0) is 0 Å². The fraction of sp³-hybridized carbons (Fsp3) is 0.367. The fourth-order valence-corrected chi connectivity index (χ4v) is 5.27. The number of fused-ring (bicyclic) bond motifs is 1. The molecule has 4 heterocycles. The van der Waals surface area contributed by atoms with Crippen molar-refractivity contribution in [2.75, 3.05) is 51.0 Å². The molecule has 3 aromatic heterocycles. The van der Waals surface area contributed by atoms with Crippen molar-refractivity contribution < 1.29 is 9.18 Å². The Bertz CT molecular complexity index is 1490. The van der Waals surface area contributed by atoms with Gasteiger partial charge in [0.15, 0.2) is 5.82 Å². The number of hydrogen-bond acceptors (Lipinski definition) is 8. The summed E-state index contributed by atoms with van der Waals surface area (Å²) in [5.74, 6) is 0.544. The Morgan fingerprint density at radius 3 is 2.61 bits per heavy atom. The lowest BCUT2D eigenvalue weighted by molar-refractivity contribution is 0.0960. The number of halogens is 1. The van der Waals surface area contributed by atoms with E-state index in [9.17, 15) is 9.18 Å². The zero-order valence-electron chi connectivity index (χ0n) is 23.9. The second-order valence-corrected chi connectivity index (χ2v) is 10.4. The van der Waals surface area contributed by atoms with Gasteiger partial charge in [0.05, 0.1) is 23.0 Å². The van der Waals surface area contributed by atoms with E-state index in [0.29, 0.717) is 29.3 Å². The molecule has 0 unspecified atom stereocenters. The number of piperidine rings is 1. The second-order valence-electron chi connectivity index (χ2n) is 10.4. The third kappa shape index (κ3) is 6.57. The first kappa shape index (κ1) is 30.1. The zero-order chi connectivity index (χ0) is 28.2. The Hall–Kier alpha value is -3.83. The molecule has 1 amide bonds. The number of benzene rings is 1. The van der Waals surface area contributed by atoms with Crippen molar-refractivity contribution in [3.63, 3.8) is 0 Å². The van der Waals surface area contributed by atoms with Crippen LogP contribution in [0.15, 0.2) is 55.1 Å². The molecule has 4 aromatic rings. The number of carbonyl (C=O) groups excluding carboxylic acids is 1. The number of carbonyl (C=O) groups is 1. The SMILES string of the molecule is CNC(=O)c1c(F)cnc2c([C@H](C)CNc3cc(-c4ccc(N(C)C5CCN(C)CC5)nc4)ncn3)cccc12.S. The Morgan fingerprint density at radius 1 is 1.12 bits per heavy atom. The lowest BCUT2D eigenvalue weighted by Crippen LogP contribution is -2.42. The molecule has 41 heavy (non-hydrogen) atoms. The Morgan fingerprint density at radius 2 is 1.90 bits per heavy atom. The third-order valence-electron chi connectivity index (χ3n) is 7.76. The molecule has 1 atom stereocenters. The van der Waals surface area contributed by atoms with Gasteiger partial charge in [-0.15, -0.1) is 0 Å². The van der Waals surface area contributed by atoms with Crippen molar-refractivity contribution in [3.05, 3.63) is 72.1 Å². The van der Waals surface area contributed by atoms with E-state index in [-0.39, 0.29) is 25.0 Å². The average molecular weight is 577 g/mol. The number of likely N-dealkylation sites (tertiary alicyclic amines) is 1. The summed E-state index contributed by atoms with van der Waals surface area (Å²) in [5, 5.41) is 6.39. The number of anilines is 2. The van der Waals surface area contributed by atoms with Crippen molar-refractivity contribution in [1.29, 1.82) is 0 Å². The van der Waals surface area contributed by atoms with Crippen LogP contribution < -0.4 is 15.5 Å². The fourth-order valence-electron chi connectivity index (χ4n) is 5.27. The van der Waals surface area contributed by atoms with E-state index >= 15 is 0 Å². The first-order chi connectivity index (χ1) is 19.4. The predicted molar refractivity (Wildman–Crippen MR) is 167 cm³/mol. The molecule has 9 nitrogen and oxygen atoms in total. The van der Waals surface area contributed by atoms with Crippen LogP contribution in [-0.4, -0.2) is 77.6 Å². The first-order valence-electron chi connectivity index (χ1n) is 13.6. The van der Waals surface area contributed by atoms with Gasteiger partial charge in [-0.05, 0) is 50.7 Å². The summed E-state index contributed by atoms with van der Waals surface area (Å²) in [5.41, 5.74) is 3.23. The number of rotatable bonds is 8. The monoisotopic (exact) mass is 576 g/mol. The molecule has 1 saturated heterocycles. The minimum absolute atomic E-state index is 0. The van der Waals surface area contributed by atoms with Gasteiger partial charge in [-0.25, -0.2) is 19.3 Å². The summed E-state index contributed by atoms with van der Waals surface area (Å²) >= 11 is 0. The zero-order valence-corrected chi connectivity index (χ0v) is 24.9. The molecule has 2 N–H and O–H groups in total. The van der Waals surface area contributed by atoms with Crippen LogP contribution in [0.3, 0.4) is 0 Å². The number of pyridine rings is 2. The molecule has 1 aliphatic heterocycles. The molecule has 1 aromatic carbocycles. The number of nitrogens with zero attached hydrogens (tertiary/aromatic N) is 6. The number of hydrogen-bond donors (Lipinski definition) is 2. The minimum Gasteiger partial charge on any atom is -0.369 e. The highest BCUT2D eigenvalue weighted by Gasteiger charge is 2.22. The summed E-state index contributed by atoms with van der Waals surface area (Å²) in [4.78, 5) is 34.8. The van der Waals surface area contributed by atoms with Crippen molar-refractivity contribution in [2.24, 2.45) is 0 Å². The maximum absolute atomic E-state index is 14.4. The van der Waals surface area contributed by atoms with Gasteiger partial charge >= 0.3 is 0 Å². The number of aromatic nitrogens is 4. The molecular formula is C30H37FN8OS. The highest BCUT2D eigenvalue weighted by atomic mass is 32.1. The van der Waals surface area contributed by atoms with Gasteiger partial charge in [-0.3, -0.25) is 9.78 Å². The van der Waals surface area contributed by atoms with Gasteiger partial charge in [0.25, 0.3) is 5.91 Å². The van der Waals surface area contributed by atoms with E-state index in [1.807, 2.05) is 36.5 Å². The van der Waals surface area contributed by atoms with Gasteiger partial charge in [0, 0.05) is 55.8 Å². The topological polar surface area (TPSA) is 99.2 Å². The van der Waals surface area contributed by atoms with Gasteiger partial charge in [-0.2, -0.15) is 13.5 Å². The van der Waals surface area contributed by atoms with Crippen molar-refractivity contribution in [3.8, 4) is 11.3 Å². The Balaban J connectivity index is 0.00000387. The Kier molecular flexibility index (Phi) is 9.72. The lowest BCUT2D eigenvalue weighted by atomic mass is 9.96. The smallest absolute Gasteiger partial charge is 0.254 e. The molecule has 0 radical (unpaired) electrons. The third-order valence-corrected chi connectivity index (χ3v) is 7.76. The van der Waals surface area contributed by atoms with Crippen LogP contribution in [0, 0.1) is 5.82 Å². The number of amides is 1. The van der Waals surface area contributed by atoms with Gasteiger partial charge in [0.2, 0.25) is 0 Å². The van der Waals surface area contributed by atoms with E-state index in [1.54, 1.807) is 12.4 Å². The van der Waals surface area contributed by atoms with Crippen LogP contribution in [0.25, 0.3) is 22.2 Å². The molecule has 0 spiro atoms. The van der Waals surface area contributed by atoms with E-state index < -0.39 is 11.7 Å². The normalized spacial score (nSPS) is 14.8. The highest BCUT2D eigenvalue weighted by molar-refractivity contribution is 7.59. The molecule has 5 rings (SSSR count). The van der Waals surface area contributed by atoms with E-state index in [0.717, 1.165) is 54.8 Å². The molecule has 1 aliphatic rings. The van der Waals surface area contributed by atoms with Crippen LogP contribution in [0.2, 0.25) is 0 Å². The Labute approximate surface area is 247 Å². The van der Waals surface area contributed by atoms with Crippen LogP contribution >= 0.6 is 13.5 Å². The van der Waals surface area contributed by atoms with Crippen molar-refractivity contribution >= 4 is 41.9 Å². The van der Waals surface area contributed by atoms with E-state index in [1.165, 1.54) is 7.05 Å². The second kappa shape index (κ2) is 13.2. The number of para-hydroxylation sites is 1. The van der Waals surface area contributed by atoms with Crippen LogP contribution in [0.5, 0.6) is 0 Å². The van der Waals surface area contributed by atoms with E-state index in [2.05, 4.69) is 56.4 Å². The first-order valence-corrected chi connectivity index (χ1v) is 13.6. The summed E-state index contributed by atoms with van der Waals surface area (Å²) in [6.07, 6.45) is 6.78. The molecule has 0 bridgehead atoms. The van der Waals surface area contributed by atoms with Crippen molar-refractivity contribution in [1.82, 2.24) is 30.2 Å². The standard InChI is InChI=1S/C30H35FN8O.H2S/c1-19(22-6-5-7-23-28(30(40)32-2)24(31)17-35-29(22)23)15-33-26-14-25(36-18-37-26)20-8-9-27(34-16-20)39(4)21-10-12-38(3)13-11-21;/h5-9,14,16-19,21H,10-13,15H2,1-4H3,(H,32,40)(H,33,36,37);1H2/t19-;/m1./s1. The number of nitrogens with one attached hydrogen (secondary N) is 2. The van der Waals surface area contributed by atoms with Crippen LogP contribution in [0.4, 0.5) is 16.0 Å². The lowest BCUT2D eigenvalue weighted by Gasteiger charge is -2.35. The molecule has 0 aliphatic carbocycles. The molecule has 216 valence electrons. The van der Waals surface area contributed by atoms with Gasteiger partial charge < -0.3 is 20.4 Å². The van der Waals surface area contributed by atoms with Gasteiger partial charge in [0.1, 0.15) is 18.0 Å². The summed E-state index contributed by atoms with van der Waals surface area (Å²) in [6, 6.07) is 12.0. The van der Waals surface area contributed by atoms with E-state index in [4.69, 9.17) is 4.98 Å². The summed E-state index contributed by atoms with van der Waals surface area (Å²) in [6.45, 7) is 4.82.